The van der Waals surface area contributed by atoms with E-state index in [-0.39, 0.29) is 118 Å². The van der Waals surface area contributed by atoms with Crippen molar-refractivity contribution < 1.29 is 120 Å². The predicted octanol–water partition coefficient (Wildman–Crippen LogP) is -5.08. The molecule has 0 aliphatic heterocycles. The Bertz CT molecular complexity index is 305. The smallest absolute Gasteiger partial charge is 1.00 e. The quantitative estimate of drug-likeness (QED) is 0.324. The van der Waals surface area contributed by atoms with Crippen molar-refractivity contribution in [2.75, 3.05) is 6.54 Å². The fourth-order valence-corrected chi connectivity index (χ4v) is 0.692. The maximum absolute atomic E-state index is 12.8. The summed E-state index contributed by atoms with van der Waals surface area (Å²) in [6, 6.07) is 5.65. The molecule has 1 aromatic carbocycles. The third-order valence-electron chi connectivity index (χ3n) is 1.23. The van der Waals surface area contributed by atoms with E-state index in [1.807, 2.05) is 0 Å². The van der Waals surface area contributed by atoms with Gasteiger partial charge in [-0.1, -0.05) is 12.1 Å². The second-order valence-corrected chi connectivity index (χ2v) is 2.11. The van der Waals surface area contributed by atoms with Gasteiger partial charge in [-0.3, -0.25) is 4.79 Å². The molecule has 1 aromatic rings. The molecule has 0 saturated carbocycles. The van der Waals surface area contributed by atoms with Crippen LogP contribution in [0.25, 0.3) is 0 Å². The van der Waals surface area contributed by atoms with E-state index in [2.05, 4.69) is 4.74 Å². The number of nitrogens with two attached hydrogens (primary N) is 1. The number of esters is 1. The number of carbonyl (C=O) groups excluding carboxylic acids is 1. The Balaban J connectivity index is -0.000000180. The summed E-state index contributed by atoms with van der Waals surface area (Å²) in [6.07, 6.45) is 0. The van der Waals surface area contributed by atoms with Gasteiger partial charge in [0.15, 0.2) is 11.6 Å². The molecule has 0 saturated heterocycles. The number of hydrogen-bond donors (Lipinski definition) is 1. The van der Waals surface area contributed by atoms with Crippen LogP contribution in [0.1, 0.15) is 2.85 Å². The van der Waals surface area contributed by atoms with Gasteiger partial charge in [0, 0.05) is 0 Å². The molecule has 0 aromatic heterocycles. The Kier molecular flexibility index (Phi) is 13.1. The van der Waals surface area contributed by atoms with Crippen molar-refractivity contribution in [3.05, 3.63) is 30.1 Å². The zero-order valence-electron chi connectivity index (χ0n) is 10.3. The van der Waals surface area contributed by atoms with Crippen LogP contribution in [0.4, 0.5) is 4.39 Å². The van der Waals surface area contributed by atoms with Gasteiger partial charge in [0.25, 0.3) is 0 Å². The summed E-state index contributed by atoms with van der Waals surface area (Å²) in [5.74, 6) is -1.31. The maximum atomic E-state index is 12.8. The normalized spacial score (nSPS) is 8.14. The molecule has 0 heterocycles. The minimum atomic E-state index is -0.653. The van der Waals surface area contributed by atoms with Crippen LogP contribution in [-0.4, -0.2) is 12.5 Å². The summed E-state index contributed by atoms with van der Waals surface area (Å²) in [6.45, 7) is -0.256. The van der Waals surface area contributed by atoms with Crippen LogP contribution >= 0.6 is 0 Å². The molecule has 0 unspecified atom stereocenters. The van der Waals surface area contributed by atoms with Gasteiger partial charge in [0.05, 0.1) is 6.54 Å². The molecule has 1 rings (SSSR count). The number of para-hydroxylation sites is 1. The van der Waals surface area contributed by atoms with Crippen molar-refractivity contribution in [1.82, 2.24) is 0 Å². The first-order valence-corrected chi connectivity index (χ1v) is 3.39. The van der Waals surface area contributed by atoms with E-state index in [4.69, 9.17) is 5.73 Å². The van der Waals surface area contributed by atoms with Gasteiger partial charge in [-0.25, -0.2) is 4.39 Å². The zero-order valence-corrected chi connectivity index (χ0v) is 14.5. The average molecular weight is 249 g/mol. The summed E-state index contributed by atoms with van der Waals surface area (Å²) in [7, 11) is 0. The van der Waals surface area contributed by atoms with E-state index in [1.165, 1.54) is 18.2 Å². The molecule has 14 heavy (non-hydrogen) atoms. The molecule has 6 heteroatoms. The Morgan fingerprint density at radius 3 is 2.50 bits per heavy atom. The molecule has 2 N–H and O–H groups in total. The minimum absolute atomic E-state index is 0. The molecular weight excluding hydrogens is 239 g/mol. The van der Waals surface area contributed by atoms with Gasteiger partial charge in [-0.2, -0.15) is 0 Å². The summed E-state index contributed by atoms with van der Waals surface area (Å²) in [4.78, 5) is 10.6. The van der Waals surface area contributed by atoms with E-state index in [0.29, 0.717) is 0 Å². The van der Waals surface area contributed by atoms with Gasteiger partial charge in [0.2, 0.25) is 0 Å². The molecule has 0 aliphatic carbocycles. The predicted molar refractivity (Wildman–Crippen MR) is 43.3 cm³/mol. The second kappa shape index (κ2) is 10.0. The van der Waals surface area contributed by atoms with E-state index < -0.39 is 11.8 Å². The van der Waals surface area contributed by atoms with Crippen molar-refractivity contribution >= 4 is 5.97 Å². The van der Waals surface area contributed by atoms with Gasteiger partial charge >= 0.3 is 109 Å². The fraction of sp³-hybridized carbons (Fsp3) is 0.125. The van der Waals surface area contributed by atoms with Crippen LogP contribution < -0.4 is 113 Å². The Morgan fingerprint density at radius 2 is 2.00 bits per heavy atom. The molecule has 0 atom stereocenters. The number of ether oxygens (including phenoxy) is 1. The van der Waals surface area contributed by atoms with Crippen LogP contribution in [0.15, 0.2) is 24.3 Å². The van der Waals surface area contributed by atoms with Crippen molar-refractivity contribution in [1.29, 1.82) is 0 Å². The maximum Gasteiger partial charge on any atom is 1.00 e. The molecule has 0 aliphatic rings. The van der Waals surface area contributed by atoms with Gasteiger partial charge in [-0.05, 0) is 12.1 Å². The first-order chi connectivity index (χ1) is 5.74. The van der Waals surface area contributed by atoms with E-state index in [0.717, 1.165) is 0 Å². The van der Waals surface area contributed by atoms with Crippen molar-refractivity contribution in [2.45, 2.75) is 0 Å². The second-order valence-electron chi connectivity index (χ2n) is 2.11. The standard InChI is InChI=1S/C8H8FNO2.2K.2H/c9-6-3-1-2-4-7(6)12-8(11)5-10;;;;/h1-4H,5,10H2;;;;/q;2*+1;2*-1. The molecule has 0 bridgehead atoms. The van der Waals surface area contributed by atoms with Crippen LogP contribution in [0.2, 0.25) is 0 Å². The van der Waals surface area contributed by atoms with Crippen LogP contribution in [-0.2, 0) is 4.79 Å². The first kappa shape index (κ1) is 18.2. The molecular formula is C8H10FK2NO2. The number of benzene rings is 1. The molecule has 68 valence electrons. The average Bonchev–Trinajstić information content (AvgIpc) is 2.09. The SMILES string of the molecule is NCC(=O)Oc1ccccc1F.[H-].[H-].[K+].[K+]. The number of halogens is 1. The van der Waals surface area contributed by atoms with Crippen molar-refractivity contribution in [3.63, 3.8) is 0 Å². The monoisotopic (exact) mass is 249 g/mol. The van der Waals surface area contributed by atoms with Crippen LogP contribution in [0, 0.1) is 5.82 Å². The molecule has 0 spiro atoms. The number of rotatable bonds is 2. The summed E-state index contributed by atoms with van der Waals surface area (Å²) in [5.41, 5.74) is 4.97. The van der Waals surface area contributed by atoms with Crippen LogP contribution in [0.3, 0.4) is 0 Å². The van der Waals surface area contributed by atoms with Crippen molar-refractivity contribution in [2.24, 2.45) is 5.73 Å². The molecule has 0 fully saturated rings. The Hall–Kier alpha value is 1.85. The van der Waals surface area contributed by atoms with E-state index in [9.17, 15) is 9.18 Å². The van der Waals surface area contributed by atoms with Gasteiger partial charge < -0.3 is 13.3 Å². The molecule has 0 radical (unpaired) electrons. The van der Waals surface area contributed by atoms with Crippen molar-refractivity contribution in [3.8, 4) is 5.75 Å². The first-order valence-electron chi connectivity index (χ1n) is 3.39. The van der Waals surface area contributed by atoms with E-state index in [1.54, 1.807) is 6.07 Å². The van der Waals surface area contributed by atoms with Gasteiger partial charge in [-0.15, -0.1) is 0 Å². The molecule has 0 amide bonds. The van der Waals surface area contributed by atoms with Crippen LogP contribution in [0.5, 0.6) is 5.75 Å². The third-order valence-corrected chi connectivity index (χ3v) is 1.23. The summed E-state index contributed by atoms with van der Waals surface area (Å²) < 4.78 is 17.3. The third kappa shape index (κ3) is 6.44. The number of carbonyl (C=O) groups is 1. The number of hydrogen-bond acceptors (Lipinski definition) is 3. The Labute approximate surface area is 170 Å². The summed E-state index contributed by atoms with van der Waals surface area (Å²) >= 11 is 0. The fourth-order valence-electron chi connectivity index (χ4n) is 0.692. The summed E-state index contributed by atoms with van der Waals surface area (Å²) in [5, 5.41) is 0. The van der Waals surface area contributed by atoms with Gasteiger partial charge in [0.1, 0.15) is 0 Å². The topological polar surface area (TPSA) is 52.3 Å². The molecule has 3 nitrogen and oxygen atoms in total. The van der Waals surface area contributed by atoms with E-state index >= 15 is 0 Å². The zero-order chi connectivity index (χ0) is 8.97. The largest absolute Gasteiger partial charge is 1.00 e. The Morgan fingerprint density at radius 1 is 1.43 bits per heavy atom. The minimum Gasteiger partial charge on any atom is -1.00 e.